The van der Waals surface area contributed by atoms with E-state index in [0.29, 0.717) is 12.1 Å². The predicted molar refractivity (Wildman–Crippen MR) is 143 cm³/mol. The average Bonchev–Trinajstić information content (AvgIpc) is 3.26. The highest BCUT2D eigenvalue weighted by Crippen LogP contribution is 2.32. The molecule has 7 nitrogen and oxygen atoms in total. The first-order chi connectivity index (χ1) is 17.2. The molecule has 0 saturated heterocycles. The number of benzene rings is 2. The van der Waals surface area contributed by atoms with Crippen LogP contribution in [0.25, 0.3) is 33.5 Å². The van der Waals surface area contributed by atoms with E-state index in [4.69, 9.17) is 4.98 Å². The Kier molecular flexibility index (Phi) is 6.36. The van der Waals surface area contributed by atoms with Crippen LogP contribution in [0.2, 0.25) is 0 Å². The normalized spacial score (nSPS) is 14.6. The summed E-state index contributed by atoms with van der Waals surface area (Å²) in [4.78, 5) is 29.7. The van der Waals surface area contributed by atoms with Crippen molar-refractivity contribution in [1.82, 2.24) is 24.8 Å². The minimum absolute atomic E-state index is 0.102. The van der Waals surface area contributed by atoms with Crippen LogP contribution < -0.4 is 0 Å². The number of H-pyrrole nitrogens is 1. The van der Waals surface area contributed by atoms with E-state index in [2.05, 4.69) is 41.0 Å². The van der Waals surface area contributed by atoms with E-state index in [9.17, 15) is 9.90 Å². The minimum Gasteiger partial charge on any atom is -0.392 e. The quantitative estimate of drug-likeness (QED) is 0.441. The molecular weight excluding hydrogens is 450 g/mol. The van der Waals surface area contributed by atoms with Gasteiger partial charge in [-0.05, 0) is 80.3 Å². The van der Waals surface area contributed by atoms with Crippen molar-refractivity contribution in [3.8, 4) is 22.4 Å². The Morgan fingerprint density at radius 2 is 1.97 bits per heavy atom. The number of aromatic nitrogens is 3. The second kappa shape index (κ2) is 9.48. The fourth-order valence-corrected chi connectivity index (χ4v) is 5.22. The summed E-state index contributed by atoms with van der Waals surface area (Å²) in [6.45, 7) is 8.13. The van der Waals surface area contributed by atoms with Gasteiger partial charge in [0, 0.05) is 49.6 Å². The molecule has 0 aliphatic carbocycles. The molecule has 0 radical (unpaired) electrons. The lowest BCUT2D eigenvalue weighted by atomic mass is 9.92. The molecule has 5 rings (SSSR count). The first-order valence-electron chi connectivity index (χ1n) is 12.4. The Bertz CT molecular complexity index is 1460. The van der Waals surface area contributed by atoms with Gasteiger partial charge in [-0.1, -0.05) is 12.1 Å². The highest BCUT2D eigenvalue weighted by atomic mass is 16.3. The Morgan fingerprint density at radius 1 is 1.19 bits per heavy atom. The molecule has 0 bridgehead atoms. The number of rotatable bonds is 5. The molecule has 186 valence electrons. The lowest BCUT2D eigenvalue weighted by molar-refractivity contribution is 0.0703. The average molecular weight is 484 g/mol. The second-order valence-electron chi connectivity index (χ2n) is 10.1. The van der Waals surface area contributed by atoms with Crippen LogP contribution in [0.5, 0.6) is 0 Å². The van der Waals surface area contributed by atoms with Gasteiger partial charge in [0.05, 0.1) is 18.0 Å². The van der Waals surface area contributed by atoms with Gasteiger partial charge in [-0.2, -0.15) is 0 Å². The third-order valence-corrected chi connectivity index (χ3v) is 7.08. The number of aliphatic hydroxyl groups excluding tert-OH is 1. The zero-order chi connectivity index (χ0) is 25.6. The number of aryl methyl sites for hydroxylation is 2. The van der Waals surface area contributed by atoms with Crippen molar-refractivity contribution >= 4 is 17.1 Å². The number of carbonyl (C=O) groups is 1. The topological polar surface area (TPSA) is 85.4 Å². The Hall–Kier alpha value is -3.55. The monoisotopic (exact) mass is 483 g/mol. The summed E-state index contributed by atoms with van der Waals surface area (Å²) in [6, 6.07) is 10.3. The van der Waals surface area contributed by atoms with Gasteiger partial charge >= 0.3 is 0 Å². The number of amides is 1. The van der Waals surface area contributed by atoms with E-state index in [1.54, 1.807) is 18.9 Å². The van der Waals surface area contributed by atoms with Gasteiger partial charge in [-0.3, -0.25) is 4.79 Å². The van der Waals surface area contributed by atoms with Crippen molar-refractivity contribution in [2.45, 2.75) is 39.8 Å². The van der Waals surface area contributed by atoms with Crippen molar-refractivity contribution in [1.29, 1.82) is 0 Å². The van der Waals surface area contributed by atoms with Gasteiger partial charge in [0.2, 0.25) is 0 Å². The number of nitrogens with zero attached hydrogens (tertiary/aromatic N) is 4. The van der Waals surface area contributed by atoms with Gasteiger partial charge in [0.1, 0.15) is 5.52 Å². The summed E-state index contributed by atoms with van der Waals surface area (Å²) in [6.07, 6.45) is 4.27. The summed E-state index contributed by atoms with van der Waals surface area (Å²) in [5.74, 6) is -0.102. The van der Waals surface area contributed by atoms with Crippen LogP contribution in [0.15, 0.2) is 42.7 Å². The molecule has 1 aliphatic heterocycles. The summed E-state index contributed by atoms with van der Waals surface area (Å²) in [5.41, 5.74) is 11.0. The fraction of sp³-hybridized carbons (Fsp3) is 0.345. The number of likely N-dealkylation sites (N-methyl/N-ethyl adjacent to an activating group) is 2. The van der Waals surface area contributed by atoms with Crippen molar-refractivity contribution in [3.05, 3.63) is 70.5 Å². The molecular formula is C29H33N5O2. The summed E-state index contributed by atoms with van der Waals surface area (Å²) in [5, 5.41) is 9.64. The zero-order valence-corrected chi connectivity index (χ0v) is 21.6. The molecule has 1 atom stereocenters. The molecule has 7 heteroatoms. The Labute approximate surface area is 211 Å². The molecule has 3 heterocycles. The van der Waals surface area contributed by atoms with E-state index in [0.717, 1.165) is 58.6 Å². The molecule has 2 aromatic carbocycles. The van der Waals surface area contributed by atoms with E-state index < -0.39 is 6.10 Å². The van der Waals surface area contributed by atoms with Crippen molar-refractivity contribution < 1.29 is 9.90 Å². The smallest absolute Gasteiger partial charge is 0.253 e. The van der Waals surface area contributed by atoms with Crippen LogP contribution in [0.3, 0.4) is 0 Å². The maximum absolute atomic E-state index is 12.8. The molecule has 0 spiro atoms. The lowest BCUT2D eigenvalue weighted by Gasteiger charge is -2.27. The van der Waals surface area contributed by atoms with Gasteiger partial charge in [0.15, 0.2) is 5.65 Å². The van der Waals surface area contributed by atoms with Crippen molar-refractivity contribution in [3.63, 3.8) is 0 Å². The summed E-state index contributed by atoms with van der Waals surface area (Å²) in [7, 11) is 3.87. The Balaban J connectivity index is 1.51. The van der Waals surface area contributed by atoms with E-state index in [-0.39, 0.29) is 5.91 Å². The first kappa shape index (κ1) is 24.2. The van der Waals surface area contributed by atoms with Gasteiger partial charge in [-0.25, -0.2) is 9.97 Å². The number of fused-ring (bicyclic) bond motifs is 2. The van der Waals surface area contributed by atoms with Crippen LogP contribution in [0.4, 0.5) is 0 Å². The summed E-state index contributed by atoms with van der Waals surface area (Å²) < 4.78 is 0. The van der Waals surface area contributed by atoms with Gasteiger partial charge in [-0.15, -0.1) is 0 Å². The molecule has 2 aromatic heterocycles. The largest absolute Gasteiger partial charge is 0.392 e. The third kappa shape index (κ3) is 4.52. The number of nitrogens with one attached hydrogen (secondary N) is 1. The van der Waals surface area contributed by atoms with Crippen molar-refractivity contribution in [2.75, 3.05) is 27.2 Å². The SMILES string of the molecule is Cc1cc(-c2c[nH]c3ncc(-c4cc(C)c5c(c4)CN(C)CC5)nc23)ccc1C(=O)N(C)C[C@H](C)O. The van der Waals surface area contributed by atoms with Crippen LogP contribution >= 0.6 is 0 Å². The molecule has 1 amide bonds. The van der Waals surface area contributed by atoms with Crippen LogP contribution in [0, 0.1) is 13.8 Å². The molecule has 4 aromatic rings. The zero-order valence-electron chi connectivity index (χ0n) is 21.6. The molecule has 0 unspecified atom stereocenters. The molecule has 0 fully saturated rings. The van der Waals surface area contributed by atoms with Gasteiger partial charge < -0.3 is 19.9 Å². The molecule has 2 N–H and O–H groups in total. The third-order valence-electron chi connectivity index (χ3n) is 7.08. The molecule has 0 saturated carbocycles. The highest BCUT2D eigenvalue weighted by molar-refractivity contribution is 5.97. The maximum atomic E-state index is 12.8. The predicted octanol–water partition coefficient (Wildman–Crippen LogP) is 4.35. The lowest BCUT2D eigenvalue weighted by Crippen LogP contribution is -2.33. The van der Waals surface area contributed by atoms with Gasteiger partial charge in [0.25, 0.3) is 5.91 Å². The number of aromatic amines is 1. The number of carbonyl (C=O) groups excluding carboxylic acids is 1. The molecule has 36 heavy (non-hydrogen) atoms. The van der Waals surface area contributed by atoms with E-state index in [1.165, 1.54) is 16.7 Å². The van der Waals surface area contributed by atoms with Crippen LogP contribution in [-0.4, -0.2) is 69.1 Å². The standard InChI is InChI=1S/C29H33N5O2/c1-17-11-21(12-22-16-33(4)9-8-23(17)22)26-14-31-28-27(32-26)25(13-30-28)20-6-7-24(18(2)10-20)29(36)34(5)15-19(3)35/h6-7,10-14,19,35H,8-9,15-16H2,1-5H3,(H,30,31)/t19-/m0/s1. The summed E-state index contributed by atoms with van der Waals surface area (Å²) >= 11 is 0. The minimum atomic E-state index is -0.572. The maximum Gasteiger partial charge on any atom is 0.253 e. The van der Waals surface area contributed by atoms with Crippen molar-refractivity contribution in [2.24, 2.45) is 0 Å². The highest BCUT2D eigenvalue weighted by Gasteiger charge is 2.19. The fourth-order valence-electron chi connectivity index (χ4n) is 5.22. The second-order valence-corrected chi connectivity index (χ2v) is 10.1. The van der Waals surface area contributed by atoms with Crippen LogP contribution in [0.1, 0.15) is 39.5 Å². The van der Waals surface area contributed by atoms with E-state index in [1.807, 2.05) is 37.5 Å². The Morgan fingerprint density at radius 3 is 2.72 bits per heavy atom. The number of aliphatic hydroxyl groups is 1. The van der Waals surface area contributed by atoms with E-state index >= 15 is 0 Å². The van der Waals surface area contributed by atoms with Crippen LogP contribution in [-0.2, 0) is 13.0 Å². The molecule has 1 aliphatic rings. The number of hydrogen-bond donors (Lipinski definition) is 2. The first-order valence-corrected chi connectivity index (χ1v) is 12.4. The number of hydrogen-bond acceptors (Lipinski definition) is 5.